The molecule has 1 nitrogen and oxygen atoms in total. The predicted octanol–water partition coefficient (Wildman–Crippen LogP) is 8.27. The van der Waals surface area contributed by atoms with Crippen molar-refractivity contribution in [2.75, 3.05) is 0 Å². The van der Waals surface area contributed by atoms with Gasteiger partial charge in [-0.2, -0.15) is 0 Å². The molecule has 0 aromatic heterocycles. The minimum atomic E-state index is -0.0935. The van der Waals surface area contributed by atoms with Gasteiger partial charge in [0.15, 0.2) is 0 Å². The second-order valence-electron chi connectivity index (χ2n) is 13.4. The zero-order chi connectivity index (χ0) is 22.4. The highest BCUT2D eigenvalue weighted by molar-refractivity contribution is 5.11. The van der Waals surface area contributed by atoms with Gasteiger partial charge in [0.05, 0.1) is 6.10 Å². The first-order chi connectivity index (χ1) is 14.7. The van der Waals surface area contributed by atoms with Crippen LogP contribution in [0.4, 0.5) is 0 Å². The van der Waals surface area contributed by atoms with Crippen molar-refractivity contribution < 1.29 is 5.11 Å². The Bertz CT molecular complexity index is 624. The minimum Gasteiger partial charge on any atom is -0.393 e. The van der Waals surface area contributed by atoms with Crippen LogP contribution in [0.5, 0.6) is 0 Å². The summed E-state index contributed by atoms with van der Waals surface area (Å²) in [6.45, 7) is 16.7. The van der Waals surface area contributed by atoms with Crippen LogP contribution >= 0.6 is 0 Å². The summed E-state index contributed by atoms with van der Waals surface area (Å²) in [5.74, 6) is 6.70. The largest absolute Gasteiger partial charge is 0.393 e. The standard InChI is InChI=1S/C30H52O/c1-7-9-23-26-13-12-22-25-15-14-24(21(4)11-8-10-20(2)3)29(25,5)18-16-27(22)30(26,6)19-17-28(23)31/h7,20-28,31H,1,8-19H2,2-6H3/t21-,22-,23?,24+,25-,26?,27-,28?,29+,30-/m0/s1. The van der Waals surface area contributed by atoms with Gasteiger partial charge in [-0.25, -0.2) is 0 Å². The highest BCUT2D eigenvalue weighted by Crippen LogP contribution is 2.69. The van der Waals surface area contributed by atoms with E-state index < -0.39 is 0 Å². The van der Waals surface area contributed by atoms with Crippen LogP contribution in [0.1, 0.15) is 112 Å². The van der Waals surface area contributed by atoms with Crippen molar-refractivity contribution in [3.63, 3.8) is 0 Å². The van der Waals surface area contributed by atoms with Gasteiger partial charge in [-0.3, -0.25) is 0 Å². The molecule has 0 aromatic carbocycles. The molecular weight excluding hydrogens is 376 g/mol. The fourth-order valence-electron chi connectivity index (χ4n) is 10.0. The number of allylic oxidation sites excluding steroid dienone is 1. The van der Waals surface area contributed by atoms with Crippen LogP contribution in [-0.4, -0.2) is 11.2 Å². The van der Waals surface area contributed by atoms with Crippen molar-refractivity contribution in [2.45, 2.75) is 118 Å². The topological polar surface area (TPSA) is 20.2 Å². The molecule has 4 saturated carbocycles. The maximum atomic E-state index is 10.8. The van der Waals surface area contributed by atoms with Gasteiger partial charge in [0.25, 0.3) is 0 Å². The zero-order valence-electron chi connectivity index (χ0n) is 21.4. The molecule has 0 bridgehead atoms. The second kappa shape index (κ2) is 9.15. The Kier molecular flexibility index (Phi) is 7.04. The third kappa shape index (κ3) is 4.08. The van der Waals surface area contributed by atoms with Crippen LogP contribution in [-0.2, 0) is 0 Å². The van der Waals surface area contributed by atoms with Gasteiger partial charge in [0.1, 0.15) is 0 Å². The first-order valence-electron chi connectivity index (χ1n) is 14.0. The predicted molar refractivity (Wildman–Crippen MR) is 133 cm³/mol. The van der Waals surface area contributed by atoms with Crippen molar-refractivity contribution in [1.82, 2.24) is 0 Å². The van der Waals surface area contributed by atoms with E-state index in [4.69, 9.17) is 0 Å². The van der Waals surface area contributed by atoms with Crippen molar-refractivity contribution in [2.24, 2.45) is 58.2 Å². The van der Waals surface area contributed by atoms with Crippen LogP contribution < -0.4 is 0 Å². The van der Waals surface area contributed by atoms with E-state index in [0.717, 1.165) is 48.3 Å². The molecule has 0 saturated heterocycles. The van der Waals surface area contributed by atoms with Crippen molar-refractivity contribution in [3.8, 4) is 0 Å². The van der Waals surface area contributed by atoms with Gasteiger partial charge in [0, 0.05) is 0 Å². The summed E-state index contributed by atoms with van der Waals surface area (Å²) in [6, 6.07) is 0. The van der Waals surface area contributed by atoms with E-state index in [-0.39, 0.29) is 6.10 Å². The summed E-state index contributed by atoms with van der Waals surface area (Å²) in [4.78, 5) is 0. The number of hydrogen-bond acceptors (Lipinski definition) is 1. The second-order valence-corrected chi connectivity index (χ2v) is 13.4. The fourth-order valence-corrected chi connectivity index (χ4v) is 10.0. The molecule has 1 N–H and O–H groups in total. The van der Waals surface area contributed by atoms with Gasteiger partial charge < -0.3 is 5.11 Å². The molecular formula is C30H52O. The van der Waals surface area contributed by atoms with Gasteiger partial charge in [-0.1, -0.05) is 60.0 Å². The molecule has 1 heteroatoms. The maximum Gasteiger partial charge on any atom is 0.0574 e. The fraction of sp³-hybridized carbons (Fsp3) is 0.933. The highest BCUT2D eigenvalue weighted by Gasteiger charge is 2.61. The van der Waals surface area contributed by atoms with Crippen molar-refractivity contribution in [3.05, 3.63) is 12.7 Å². The Hall–Kier alpha value is -0.300. The van der Waals surface area contributed by atoms with Crippen LogP contribution in [0.25, 0.3) is 0 Å². The molecule has 4 aliphatic carbocycles. The molecule has 178 valence electrons. The van der Waals surface area contributed by atoms with Crippen LogP contribution in [0.3, 0.4) is 0 Å². The van der Waals surface area contributed by atoms with Gasteiger partial charge in [-0.15, -0.1) is 6.58 Å². The number of fused-ring (bicyclic) bond motifs is 5. The molecule has 0 aromatic rings. The van der Waals surface area contributed by atoms with Crippen molar-refractivity contribution >= 4 is 0 Å². The SMILES string of the molecule is C=CCC1C(O)CC[C@@]2(C)C1CC[C@H]1[C@@H]3CC[C@H]([C@@H](C)CCCC(C)C)[C@@]3(C)CC[C@@H]12. The highest BCUT2D eigenvalue weighted by atomic mass is 16.3. The van der Waals surface area contributed by atoms with Gasteiger partial charge in [0.2, 0.25) is 0 Å². The molecule has 3 unspecified atom stereocenters. The maximum absolute atomic E-state index is 10.8. The van der Waals surface area contributed by atoms with Gasteiger partial charge in [-0.05, 0) is 116 Å². The van der Waals surface area contributed by atoms with Crippen molar-refractivity contribution in [1.29, 1.82) is 0 Å². The lowest BCUT2D eigenvalue weighted by atomic mass is 9.43. The molecule has 10 atom stereocenters. The van der Waals surface area contributed by atoms with E-state index >= 15 is 0 Å². The number of hydrogen-bond donors (Lipinski definition) is 1. The summed E-state index contributed by atoms with van der Waals surface area (Å²) in [5, 5.41) is 10.8. The molecule has 0 radical (unpaired) electrons. The number of rotatable bonds is 7. The Morgan fingerprint density at radius 3 is 2.26 bits per heavy atom. The third-order valence-electron chi connectivity index (χ3n) is 11.6. The molecule has 4 fully saturated rings. The Balaban J connectivity index is 1.49. The smallest absolute Gasteiger partial charge is 0.0574 e. The lowest BCUT2D eigenvalue weighted by molar-refractivity contribution is -0.152. The normalized spacial score (nSPS) is 48.0. The summed E-state index contributed by atoms with van der Waals surface area (Å²) in [7, 11) is 0. The Morgan fingerprint density at radius 2 is 1.55 bits per heavy atom. The summed E-state index contributed by atoms with van der Waals surface area (Å²) in [6.07, 6.45) is 18.2. The molecule has 0 aliphatic heterocycles. The van der Waals surface area contributed by atoms with Crippen LogP contribution in [0, 0.1) is 58.2 Å². The number of aliphatic hydroxyl groups excluding tert-OH is 1. The van der Waals surface area contributed by atoms with E-state index in [1.54, 1.807) is 0 Å². The summed E-state index contributed by atoms with van der Waals surface area (Å²) < 4.78 is 0. The quantitative estimate of drug-likeness (QED) is 0.404. The Labute approximate surface area is 193 Å². The van der Waals surface area contributed by atoms with E-state index in [1.807, 2.05) is 0 Å². The Morgan fingerprint density at radius 1 is 0.871 bits per heavy atom. The van der Waals surface area contributed by atoms with E-state index in [9.17, 15) is 5.11 Å². The average molecular weight is 429 g/mol. The summed E-state index contributed by atoms with van der Waals surface area (Å²) in [5.41, 5.74) is 1.05. The number of aliphatic hydroxyl groups is 1. The summed E-state index contributed by atoms with van der Waals surface area (Å²) >= 11 is 0. The van der Waals surface area contributed by atoms with E-state index in [2.05, 4.69) is 47.3 Å². The minimum absolute atomic E-state index is 0.0935. The van der Waals surface area contributed by atoms with Crippen LogP contribution in [0.2, 0.25) is 0 Å². The molecule has 4 rings (SSSR count). The van der Waals surface area contributed by atoms with E-state index in [1.165, 1.54) is 64.2 Å². The zero-order valence-corrected chi connectivity index (χ0v) is 21.4. The monoisotopic (exact) mass is 428 g/mol. The third-order valence-corrected chi connectivity index (χ3v) is 11.6. The van der Waals surface area contributed by atoms with E-state index in [0.29, 0.717) is 22.7 Å². The molecule has 0 spiro atoms. The molecule has 31 heavy (non-hydrogen) atoms. The van der Waals surface area contributed by atoms with Crippen LogP contribution in [0.15, 0.2) is 12.7 Å². The van der Waals surface area contributed by atoms with Gasteiger partial charge >= 0.3 is 0 Å². The lowest BCUT2D eigenvalue weighted by Crippen LogP contribution is -2.56. The lowest BCUT2D eigenvalue weighted by Gasteiger charge is -2.62. The molecule has 0 heterocycles. The first-order valence-corrected chi connectivity index (χ1v) is 14.0. The molecule has 0 amide bonds. The average Bonchev–Trinajstić information content (AvgIpc) is 3.07. The first kappa shape index (κ1) is 23.8. The molecule has 4 aliphatic rings.